The van der Waals surface area contributed by atoms with Crippen molar-refractivity contribution in [2.75, 3.05) is 25.6 Å². The Morgan fingerprint density at radius 2 is 2.17 bits per heavy atom. The normalized spacial score (nSPS) is 19.0. The van der Waals surface area contributed by atoms with Crippen molar-refractivity contribution in [2.45, 2.75) is 12.5 Å². The van der Waals surface area contributed by atoms with Gasteiger partial charge in [0.1, 0.15) is 9.84 Å². The second-order valence-electron chi connectivity index (χ2n) is 4.03. The Morgan fingerprint density at radius 1 is 1.56 bits per heavy atom. The molecule has 0 fully saturated rings. The third-order valence-corrected chi connectivity index (χ3v) is 3.29. The van der Waals surface area contributed by atoms with Crippen LogP contribution in [0.25, 0.3) is 0 Å². The fourth-order valence-electron chi connectivity index (χ4n) is 1.29. The number of carboxylic acids is 1. The van der Waals surface area contributed by atoms with E-state index >= 15 is 0 Å². The summed E-state index contributed by atoms with van der Waals surface area (Å²) in [6.45, 7) is 0.0277. The van der Waals surface area contributed by atoms with Crippen LogP contribution in [0.15, 0.2) is 5.16 Å². The predicted molar refractivity (Wildman–Crippen MR) is 61.9 cm³/mol. The molecule has 18 heavy (non-hydrogen) atoms. The second kappa shape index (κ2) is 5.34. The molecule has 0 radical (unpaired) electrons. The van der Waals surface area contributed by atoms with Crippen LogP contribution in [-0.2, 0) is 24.3 Å². The highest BCUT2D eigenvalue weighted by molar-refractivity contribution is 7.90. The number of carboxylic acid groups (broad SMARTS) is 1. The quantitative estimate of drug-likeness (QED) is 0.670. The molecule has 0 bridgehead atoms. The van der Waals surface area contributed by atoms with E-state index in [1.54, 1.807) is 0 Å². The van der Waals surface area contributed by atoms with E-state index in [1.165, 1.54) is 11.9 Å². The Balaban J connectivity index is 2.50. The summed E-state index contributed by atoms with van der Waals surface area (Å²) in [6, 6.07) is 0. The van der Waals surface area contributed by atoms with Crippen LogP contribution < -0.4 is 0 Å². The molecule has 102 valence electrons. The van der Waals surface area contributed by atoms with Crippen LogP contribution >= 0.6 is 0 Å². The maximum Gasteiger partial charge on any atom is 0.353 e. The Labute approximate surface area is 104 Å². The van der Waals surface area contributed by atoms with Crippen molar-refractivity contribution in [2.24, 2.45) is 5.16 Å². The van der Waals surface area contributed by atoms with E-state index in [0.717, 1.165) is 6.26 Å². The lowest BCUT2D eigenvalue weighted by Gasteiger charge is -2.19. The van der Waals surface area contributed by atoms with Gasteiger partial charge >= 0.3 is 5.97 Å². The standard InChI is InChI=1S/C9H14N2O6S/c1-11(3-4-18(2,15)16)8(12)7-5-6(9(13)14)10-17-7/h7H,3-5H2,1-2H3,(H,13,14). The topological polar surface area (TPSA) is 113 Å². The highest BCUT2D eigenvalue weighted by atomic mass is 32.2. The molecular formula is C9H14N2O6S. The Kier molecular flexibility index (Phi) is 4.28. The zero-order valence-electron chi connectivity index (χ0n) is 9.99. The largest absolute Gasteiger partial charge is 0.477 e. The average molecular weight is 278 g/mol. The molecule has 0 aromatic heterocycles. The summed E-state index contributed by atoms with van der Waals surface area (Å²) in [7, 11) is -1.73. The Bertz CT molecular complexity index is 483. The number of likely N-dealkylation sites (N-methyl/N-ethyl adjacent to an activating group) is 1. The van der Waals surface area contributed by atoms with Crippen LogP contribution in [0, 0.1) is 0 Å². The van der Waals surface area contributed by atoms with Gasteiger partial charge in [0.25, 0.3) is 5.91 Å². The third-order valence-electron chi connectivity index (χ3n) is 2.36. The van der Waals surface area contributed by atoms with Gasteiger partial charge < -0.3 is 14.8 Å². The van der Waals surface area contributed by atoms with E-state index in [2.05, 4.69) is 5.16 Å². The second-order valence-corrected chi connectivity index (χ2v) is 6.29. The van der Waals surface area contributed by atoms with Gasteiger partial charge in [0.15, 0.2) is 5.71 Å². The van der Waals surface area contributed by atoms with Crippen molar-refractivity contribution in [3.63, 3.8) is 0 Å². The van der Waals surface area contributed by atoms with Crippen LogP contribution in [0.3, 0.4) is 0 Å². The summed E-state index contributed by atoms with van der Waals surface area (Å²) in [5, 5.41) is 11.9. The summed E-state index contributed by atoms with van der Waals surface area (Å²) >= 11 is 0. The van der Waals surface area contributed by atoms with E-state index in [0.29, 0.717) is 0 Å². The van der Waals surface area contributed by atoms with Gasteiger partial charge in [0, 0.05) is 26.3 Å². The highest BCUT2D eigenvalue weighted by Gasteiger charge is 2.33. The highest BCUT2D eigenvalue weighted by Crippen LogP contribution is 2.13. The molecule has 0 aromatic carbocycles. The number of amides is 1. The number of hydrogen-bond acceptors (Lipinski definition) is 6. The lowest BCUT2D eigenvalue weighted by Crippen LogP contribution is -2.39. The summed E-state index contributed by atoms with van der Waals surface area (Å²) in [5.41, 5.74) is -0.218. The first-order valence-corrected chi connectivity index (χ1v) is 7.15. The average Bonchev–Trinajstić information content (AvgIpc) is 2.73. The number of aliphatic carboxylic acids is 1. The van der Waals surface area contributed by atoms with E-state index in [9.17, 15) is 18.0 Å². The molecule has 0 spiro atoms. The van der Waals surface area contributed by atoms with Crippen molar-refractivity contribution in [1.82, 2.24) is 4.90 Å². The van der Waals surface area contributed by atoms with Crippen LogP contribution in [-0.4, -0.2) is 67.7 Å². The lowest BCUT2D eigenvalue weighted by atomic mass is 10.1. The first kappa shape index (κ1) is 14.4. The molecule has 1 heterocycles. The number of hydrogen-bond donors (Lipinski definition) is 1. The minimum Gasteiger partial charge on any atom is -0.477 e. The molecule has 0 saturated carbocycles. The number of nitrogens with zero attached hydrogens (tertiary/aromatic N) is 2. The number of sulfone groups is 1. The number of carbonyl (C=O) groups excluding carboxylic acids is 1. The van der Waals surface area contributed by atoms with E-state index in [4.69, 9.17) is 9.94 Å². The molecule has 8 nitrogen and oxygen atoms in total. The van der Waals surface area contributed by atoms with E-state index in [-0.39, 0.29) is 24.4 Å². The van der Waals surface area contributed by atoms with E-state index in [1.807, 2.05) is 0 Å². The molecule has 0 saturated heterocycles. The van der Waals surface area contributed by atoms with Crippen LogP contribution in [0.2, 0.25) is 0 Å². The van der Waals surface area contributed by atoms with E-state index < -0.39 is 27.8 Å². The van der Waals surface area contributed by atoms with Gasteiger partial charge in [0.05, 0.1) is 5.75 Å². The minimum absolute atomic E-state index is 0.0277. The zero-order valence-corrected chi connectivity index (χ0v) is 10.8. The molecule has 0 aliphatic carbocycles. The van der Waals surface area contributed by atoms with Gasteiger partial charge in [-0.15, -0.1) is 0 Å². The molecule has 9 heteroatoms. The summed E-state index contributed by atoms with van der Waals surface area (Å²) in [4.78, 5) is 28.2. The molecule has 1 aliphatic heterocycles. The first-order valence-electron chi connectivity index (χ1n) is 5.09. The fourth-order valence-corrected chi connectivity index (χ4v) is 1.90. The first-order chi connectivity index (χ1) is 8.20. The molecule has 0 aromatic rings. The molecule has 1 unspecified atom stereocenters. The SMILES string of the molecule is CN(CCS(C)(=O)=O)C(=O)C1CC(C(=O)O)=NO1. The fraction of sp³-hybridized carbons (Fsp3) is 0.667. The predicted octanol–water partition coefficient (Wildman–Crippen LogP) is -1.28. The lowest BCUT2D eigenvalue weighted by molar-refractivity contribution is -0.140. The van der Waals surface area contributed by atoms with Crippen LogP contribution in [0.5, 0.6) is 0 Å². The van der Waals surface area contributed by atoms with Crippen molar-refractivity contribution >= 4 is 27.4 Å². The van der Waals surface area contributed by atoms with Gasteiger partial charge in [-0.1, -0.05) is 5.16 Å². The number of oxime groups is 1. The van der Waals surface area contributed by atoms with Crippen LogP contribution in [0.4, 0.5) is 0 Å². The van der Waals surface area contributed by atoms with Crippen molar-refractivity contribution in [1.29, 1.82) is 0 Å². The molecule has 1 N–H and O–H groups in total. The summed E-state index contributed by atoms with van der Waals surface area (Å²) in [6.07, 6.45) is -0.0268. The summed E-state index contributed by atoms with van der Waals surface area (Å²) in [5.74, 6) is -1.88. The Morgan fingerprint density at radius 3 is 2.61 bits per heavy atom. The van der Waals surface area contributed by atoms with Gasteiger partial charge in [-0.05, 0) is 0 Å². The monoisotopic (exact) mass is 278 g/mol. The maximum absolute atomic E-state index is 11.8. The molecular weight excluding hydrogens is 264 g/mol. The zero-order chi connectivity index (χ0) is 13.9. The minimum atomic E-state index is -3.16. The van der Waals surface area contributed by atoms with Gasteiger partial charge in [0.2, 0.25) is 6.10 Å². The van der Waals surface area contributed by atoms with Crippen molar-refractivity contribution < 1.29 is 28.0 Å². The molecule has 1 rings (SSSR count). The Hall–Kier alpha value is -1.64. The van der Waals surface area contributed by atoms with Gasteiger partial charge in [-0.3, -0.25) is 4.79 Å². The maximum atomic E-state index is 11.8. The molecule has 1 amide bonds. The number of carbonyl (C=O) groups is 2. The van der Waals surface area contributed by atoms with Crippen molar-refractivity contribution in [3.8, 4) is 0 Å². The summed E-state index contributed by atoms with van der Waals surface area (Å²) < 4.78 is 21.9. The smallest absolute Gasteiger partial charge is 0.353 e. The molecule has 1 atom stereocenters. The number of rotatable bonds is 5. The van der Waals surface area contributed by atoms with Gasteiger partial charge in [-0.2, -0.15) is 0 Å². The van der Waals surface area contributed by atoms with Crippen LogP contribution in [0.1, 0.15) is 6.42 Å². The third kappa shape index (κ3) is 3.99. The van der Waals surface area contributed by atoms with Crippen molar-refractivity contribution in [3.05, 3.63) is 0 Å². The van der Waals surface area contributed by atoms with Gasteiger partial charge in [-0.25, -0.2) is 13.2 Å². The molecule has 1 aliphatic rings.